The van der Waals surface area contributed by atoms with Crippen molar-refractivity contribution in [2.75, 3.05) is 20.2 Å². The molecule has 36 heavy (non-hydrogen) atoms. The molecule has 0 bridgehead atoms. The zero-order valence-electron chi connectivity index (χ0n) is 20.9. The summed E-state index contributed by atoms with van der Waals surface area (Å²) in [6.07, 6.45) is -1.56. The Morgan fingerprint density at radius 2 is 1.89 bits per heavy atom. The summed E-state index contributed by atoms with van der Waals surface area (Å²) in [7, 11) is 1.60. The molecule has 3 aromatic rings. The minimum atomic E-state index is -1.41. The Morgan fingerprint density at radius 3 is 2.56 bits per heavy atom. The fourth-order valence-corrected chi connectivity index (χ4v) is 4.09. The number of amides is 3. The van der Waals surface area contributed by atoms with Crippen LogP contribution >= 0.6 is 0 Å². The number of carbonyl (C=O) groups is 2. The molecule has 0 radical (unpaired) electrons. The number of likely N-dealkylation sites (tertiary alicyclic amines) is 1. The van der Waals surface area contributed by atoms with Gasteiger partial charge in [0.1, 0.15) is 23.3 Å². The number of hydrogen-bond acceptors (Lipinski definition) is 5. The smallest absolute Gasteiger partial charge is 0.410 e. The zero-order valence-corrected chi connectivity index (χ0v) is 20.9. The Bertz CT molecular complexity index is 1170. The standard InChI is InChI=1S/C26H32FN5O4/c1-26(2,3)36-25(34)32-14-18(27)22(15-32)31-24(33)30-21(13-16-9-11-17(35-4)12-10-16)23-28-19-7-5-6-8-20(19)29-23/h5-12,18,21-22H,13-15H2,1-4H3,(H,28,29)(H2,30,31,33)/t18-,21+,22+/m0/s1. The van der Waals surface area contributed by atoms with E-state index in [0.717, 1.165) is 22.3 Å². The van der Waals surface area contributed by atoms with Crippen LogP contribution in [0.5, 0.6) is 5.75 Å². The molecule has 1 fully saturated rings. The average Bonchev–Trinajstić information content (AvgIpc) is 3.42. The van der Waals surface area contributed by atoms with Gasteiger partial charge in [0.25, 0.3) is 0 Å². The number of H-pyrrole nitrogens is 1. The first-order chi connectivity index (χ1) is 17.1. The summed E-state index contributed by atoms with van der Waals surface area (Å²) in [5.74, 6) is 1.32. The number of nitrogens with one attached hydrogen (secondary N) is 3. The van der Waals surface area contributed by atoms with Crippen LogP contribution in [-0.2, 0) is 11.2 Å². The molecule has 3 atom stereocenters. The monoisotopic (exact) mass is 497 g/mol. The second kappa shape index (κ2) is 10.4. The molecule has 0 unspecified atom stereocenters. The van der Waals surface area contributed by atoms with Crippen molar-refractivity contribution in [2.24, 2.45) is 0 Å². The Kier molecular flexibility index (Phi) is 7.32. The Balaban J connectivity index is 1.46. The van der Waals surface area contributed by atoms with Crippen LogP contribution in [0.1, 0.15) is 38.2 Å². The van der Waals surface area contributed by atoms with Gasteiger partial charge in [0, 0.05) is 6.54 Å². The molecule has 4 rings (SSSR count). The van der Waals surface area contributed by atoms with Crippen molar-refractivity contribution in [3.05, 3.63) is 59.9 Å². The number of carbonyl (C=O) groups excluding carboxylic acids is 2. The Labute approximate surface area is 209 Å². The number of rotatable bonds is 6. The molecule has 2 heterocycles. The summed E-state index contributed by atoms with van der Waals surface area (Å²) in [5, 5.41) is 5.60. The molecule has 1 aliphatic rings. The lowest BCUT2D eigenvalue weighted by atomic mass is 10.1. The molecule has 2 aromatic carbocycles. The number of urea groups is 1. The first-order valence-electron chi connectivity index (χ1n) is 11.9. The number of methoxy groups -OCH3 is 1. The van der Waals surface area contributed by atoms with E-state index in [2.05, 4.69) is 20.6 Å². The summed E-state index contributed by atoms with van der Waals surface area (Å²) >= 11 is 0. The van der Waals surface area contributed by atoms with E-state index in [-0.39, 0.29) is 13.1 Å². The molecule has 10 heteroatoms. The first kappa shape index (κ1) is 25.3. The Hall–Kier alpha value is -3.82. The van der Waals surface area contributed by atoms with Gasteiger partial charge in [-0.2, -0.15) is 0 Å². The molecule has 9 nitrogen and oxygen atoms in total. The van der Waals surface area contributed by atoms with E-state index in [9.17, 15) is 14.0 Å². The molecule has 1 saturated heterocycles. The number of aromatic amines is 1. The fraction of sp³-hybridized carbons (Fsp3) is 0.423. The number of fused-ring (bicyclic) bond motifs is 1. The number of hydrogen-bond donors (Lipinski definition) is 3. The van der Waals surface area contributed by atoms with E-state index < -0.39 is 36.0 Å². The molecular weight excluding hydrogens is 465 g/mol. The van der Waals surface area contributed by atoms with Gasteiger partial charge in [-0.25, -0.2) is 19.0 Å². The highest BCUT2D eigenvalue weighted by molar-refractivity contribution is 5.77. The highest BCUT2D eigenvalue weighted by atomic mass is 19.1. The third kappa shape index (κ3) is 6.24. The summed E-state index contributed by atoms with van der Waals surface area (Å²) < 4.78 is 25.2. The van der Waals surface area contributed by atoms with Crippen molar-refractivity contribution in [3.8, 4) is 5.75 Å². The fourth-order valence-electron chi connectivity index (χ4n) is 4.09. The maximum absolute atomic E-state index is 14.7. The second-order valence-electron chi connectivity index (χ2n) is 9.87. The van der Waals surface area contributed by atoms with Crippen LogP contribution in [0.4, 0.5) is 14.0 Å². The van der Waals surface area contributed by atoms with Gasteiger partial charge in [0.15, 0.2) is 0 Å². The molecule has 1 aromatic heterocycles. The zero-order chi connectivity index (χ0) is 25.9. The predicted octanol–water partition coefficient (Wildman–Crippen LogP) is 4.11. The van der Waals surface area contributed by atoms with Crippen molar-refractivity contribution in [1.82, 2.24) is 25.5 Å². The summed E-state index contributed by atoms with van der Waals surface area (Å²) in [5.41, 5.74) is 1.90. The number of ether oxygens (including phenoxy) is 2. The summed E-state index contributed by atoms with van der Waals surface area (Å²) in [6, 6.07) is 13.2. The van der Waals surface area contributed by atoms with E-state index in [4.69, 9.17) is 9.47 Å². The molecule has 1 aliphatic heterocycles. The lowest BCUT2D eigenvalue weighted by molar-refractivity contribution is 0.0282. The quantitative estimate of drug-likeness (QED) is 0.475. The van der Waals surface area contributed by atoms with Crippen molar-refractivity contribution in [3.63, 3.8) is 0 Å². The van der Waals surface area contributed by atoms with Gasteiger partial charge in [-0.05, 0) is 57.0 Å². The molecular formula is C26H32FN5O4. The van der Waals surface area contributed by atoms with Crippen LogP contribution in [0.2, 0.25) is 0 Å². The predicted molar refractivity (Wildman–Crippen MR) is 134 cm³/mol. The number of para-hydroxylation sites is 2. The lowest BCUT2D eigenvalue weighted by Crippen LogP contribution is -2.48. The van der Waals surface area contributed by atoms with E-state index in [1.54, 1.807) is 27.9 Å². The molecule has 0 aliphatic carbocycles. The lowest BCUT2D eigenvalue weighted by Gasteiger charge is -2.24. The topological polar surface area (TPSA) is 109 Å². The number of benzene rings is 2. The number of alkyl halides is 1. The van der Waals surface area contributed by atoms with Crippen LogP contribution in [0.3, 0.4) is 0 Å². The van der Waals surface area contributed by atoms with Crippen molar-refractivity contribution < 1.29 is 23.5 Å². The average molecular weight is 498 g/mol. The molecule has 0 spiro atoms. The normalized spacial score (nSPS) is 18.6. The maximum Gasteiger partial charge on any atom is 0.410 e. The van der Waals surface area contributed by atoms with Gasteiger partial charge >= 0.3 is 12.1 Å². The minimum absolute atomic E-state index is 0.0251. The van der Waals surface area contributed by atoms with Crippen molar-refractivity contribution in [1.29, 1.82) is 0 Å². The largest absolute Gasteiger partial charge is 0.497 e. The number of halogens is 1. The summed E-state index contributed by atoms with van der Waals surface area (Å²) in [4.78, 5) is 34.5. The third-order valence-corrected chi connectivity index (χ3v) is 5.86. The van der Waals surface area contributed by atoms with Crippen LogP contribution in [0.25, 0.3) is 11.0 Å². The highest BCUT2D eigenvalue weighted by Crippen LogP contribution is 2.22. The van der Waals surface area contributed by atoms with Crippen LogP contribution < -0.4 is 15.4 Å². The van der Waals surface area contributed by atoms with Crippen molar-refractivity contribution in [2.45, 2.75) is 51.0 Å². The van der Waals surface area contributed by atoms with E-state index in [1.165, 1.54) is 4.90 Å². The van der Waals surface area contributed by atoms with Gasteiger partial charge in [0.2, 0.25) is 0 Å². The van der Waals surface area contributed by atoms with Crippen LogP contribution in [-0.4, -0.2) is 65.0 Å². The first-order valence-corrected chi connectivity index (χ1v) is 11.9. The van der Waals surface area contributed by atoms with Crippen LogP contribution in [0.15, 0.2) is 48.5 Å². The van der Waals surface area contributed by atoms with Gasteiger partial charge in [-0.1, -0.05) is 24.3 Å². The van der Waals surface area contributed by atoms with E-state index in [0.29, 0.717) is 12.2 Å². The van der Waals surface area contributed by atoms with Gasteiger partial charge < -0.3 is 30.0 Å². The molecule has 0 saturated carbocycles. The third-order valence-electron chi connectivity index (χ3n) is 5.86. The van der Waals surface area contributed by atoms with Gasteiger partial charge in [-0.3, -0.25) is 0 Å². The minimum Gasteiger partial charge on any atom is -0.497 e. The van der Waals surface area contributed by atoms with E-state index in [1.807, 2.05) is 48.5 Å². The number of imidazole rings is 1. The SMILES string of the molecule is COc1ccc(C[C@@H](NC(=O)N[C@@H]2CN(C(=O)OC(C)(C)C)C[C@@H]2F)c2nc3ccccc3[nH]2)cc1. The molecule has 192 valence electrons. The Morgan fingerprint density at radius 1 is 1.17 bits per heavy atom. The molecule has 3 N–H and O–H groups in total. The highest BCUT2D eigenvalue weighted by Gasteiger charge is 2.38. The number of nitrogens with zero attached hydrogens (tertiary/aromatic N) is 2. The van der Waals surface area contributed by atoms with Gasteiger partial charge in [0.05, 0.1) is 36.8 Å². The van der Waals surface area contributed by atoms with Gasteiger partial charge in [-0.15, -0.1) is 0 Å². The van der Waals surface area contributed by atoms with E-state index >= 15 is 0 Å². The second-order valence-corrected chi connectivity index (χ2v) is 9.87. The van der Waals surface area contributed by atoms with Crippen LogP contribution in [0, 0.1) is 0 Å². The summed E-state index contributed by atoms with van der Waals surface area (Å²) in [6.45, 7) is 5.13. The van der Waals surface area contributed by atoms with Crippen molar-refractivity contribution >= 4 is 23.2 Å². The number of aromatic nitrogens is 2. The maximum atomic E-state index is 14.7. The molecule has 3 amide bonds.